The fourth-order valence-corrected chi connectivity index (χ4v) is 0.795. The molecule has 0 spiro atoms. The van der Waals surface area contributed by atoms with Gasteiger partial charge < -0.3 is 10.6 Å². The van der Waals surface area contributed by atoms with Crippen molar-refractivity contribution in [3.63, 3.8) is 0 Å². The Morgan fingerprint density at radius 3 is 2.83 bits per heavy atom. The van der Waals surface area contributed by atoms with Gasteiger partial charge in [-0.3, -0.25) is 0 Å². The zero-order valence-electron chi connectivity index (χ0n) is 6.58. The van der Waals surface area contributed by atoms with Crippen LogP contribution < -0.4 is 5.84 Å². The molecule has 1 aromatic rings. The molecule has 4 nitrogen and oxygen atoms in total. The maximum Gasteiger partial charge on any atom is 0.356 e. The first-order valence-electron chi connectivity index (χ1n) is 3.46. The van der Waals surface area contributed by atoms with Gasteiger partial charge in [-0.1, -0.05) is 0 Å². The van der Waals surface area contributed by atoms with Crippen LogP contribution in [0.2, 0.25) is 0 Å². The monoisotopic (exact) mass is 172 g/mol. The number of hydrogen-bond donors (Lipinski definition) is 1. The Morgan fingerprint density at radius 2 is 2.42 bits per heavy atom. The minimum absolute atomic E-state index is 0.00866. The average molecular weight is 172 g/mol. The Balaban J connectivity index is 2.88. The van der Waals surface area contributed by atoms with E-state index in [2.05, 4.69) is 4.74 Å². The summed E-state index contributed by atoms with van der Waals surface area (Å²) in [6.07, 6.45) is 0. The first kappa shape index (κ1) is 8.58. The van der Waals surface area contributed by atoms with Crippen LogP contribution in [0.25, 0.3) is 0 Å². The van der Waals surface area contributed by atoms with Gasteiger partial charge in [-0.15, -0.1) is 0 Å². The van der Waals surface area contributed by atoms with E-state index in [9.17, 15) is 9.18 Å². The number of nitrogens with two attached hydrogens (primary N) is 1. The highest BCUT2D eigenvalue weighted by atomic mass is 19.1. The Morgan fingerprint density at radius 1 is 1.75 bits per heavy atom. The molecule has 5 heteroatoms. The van der Waals surface area contributed by atoms with Crippen LogP contribution in [0.15, 0.2) is 12.1 Å². The van der Waals surface area contributed by atoms with Gasteiger partial charge in [0.2, 0.25) is 5.95 Å². The number of hydrogen-bond acceptors (Lipinski definition) is 3. The number of carbonyl (C=O) groups is 1. The van der Waals surface area contributed by atoms with Crippen LogP contribution in [0.3, 0.4) is 0 Å². The second-order valence-corrected chi connectivity index (χ2v) is 2.13. The van der Waals surface area contributed by atoms with Gasteiger partial charge in [-0.2, -0.15) is 4.39 Å². The fraction of sp³-hybridized carbons (Fsp3) is 0.286. The van der Waals surface area contributed by atoms with Crippen LogP contribution in [-0.2, 0) is 4.74 Å². The molecule has 0 aromatic carbocycles. The van der Waals surface area contributed by atoms with Crippen LogP contribution >= 0.6 is 0 Å². The predicted octanol–water partition coefficient (Wildman–Crippen LogP) is 0.518. The lowest BCUT2D eigenvalue weighted by Gasteiger charge is -2.01. The molecule has 66 valence electrons. The van der Waals surface area contributed by atoms with E-state index in [-0.39, 0.29) is 12.3 Å². The lowest BCUT2D eigenvalue weighted by Crippen LogP contribution is -2.19. The molecule has 0 aliphatic heterocycles. The molecular weight excluding hydrogens is 163 g/mol. The Bertz CT molecular complexity index is 296. The zero-order chi connectivity index (χ0) is 9.14. The summed E-state index contributed by atoms with van der Waals surface area (Å²) >= 11 is 0. The van der Waals surface area contributed by atoms with Crippen LogP contribution in [0.1, 0.15) is 17.4 Å². The molecule has 0 radical (unpaired) electrons. The number of aromatic nitrogens is 1. The van der Waals surface area contributed by atoms with Crippen molar-refractivity contribution in [2.24, 2.45) is 0 Å². The van der Waals surface area contributed by atoms with Gasteiger partial charge in [-0.25, -0.2) is 9.47 Å². The molecule has 0 aliphatic rings. The number of nitrogen functional groups attached to an aromatic ring is 1. The Labute approximate surface area is 68.7 Å². The molecule has 1 rings (SSSR count). The van der Waals surface area contributed by atoms with Crippen molar-refractivity contribution >= 4 is 5.97 Å². The lowest BCUT2D eigenvalue weighted by atomic mass is 10.4. The van der Waals surface area contributed by atoms with Gasteiger partial charge >= 0.3 is 5.97 Å². The van der Waals surface area contributed by atoms with E-state index in [1.807, 2.05) is 0 Å². The van der Waals surface area contributed by atoms with Crippen molar-refractivity contribution in [1.29, 1.82) is 0 Å². The van der Waals surface area contributed by atoms with E-state index in [1.165, 1.54) is 6.07 Å². The average Bonchev–Trinajstić information content (AvgIpc) is 2.34. The minimum Gasteiger partial charge on any atom is -0.461 e. The molecule has 1 aromatic heterocycles. The maximum absolute atomic E-state index is 12.6. The molecule has 12 heavy (non-hydrogen) atoms. The van der Waals surface area contributed by atoms with Gasteiger partial charge in [0.1, 0.15) is 5.69 Å². The first-order chi connectivity index (χ1) is 5.66. The third kappa shape index (κ3) is 1.39. The van der Waals surface area contributed by atoms with Crippen molar-refractivity contribution < 1.29 is 13.9 Å². The summed E-state index contributed by atoms with van der Waals surface area (Å²) in [5, 5.41) is 0. The standard InChI is InChI=1S/C7H9FN2O2/c1-2-12-7(11)5-3-4-6(8)10(5)9/h3-4H,2,9H2,1H3. The number of rotatable bonds is 2. The van der Waals surface area contributed by atoms with Gasteiger partial charge in [0.15, 0.2) is 0 Å². The van der Waals surface area contributed by atoms with E-state index in [0.717, 1.165) is 6.07 Å². The number of carbonyl (C=O) groups excluding carboxylic acids is 1. The molecule has 0 atom stereocenters. The summed E-state index contributed by atoms with van der Waals surface area (Å²) in [7, 11) is 0. The summed E-state index contributed by atoms with van der Waals surface area (Å²) < 4.78 is 17.8. The largest absolute Gasteiger partial charge is 0.461 e. The Hall–Kier alpha value is -1.52. The molecule has 2 N–H and O–H groups in total. The van der Waals surface area contributed by atoms with Gasteiger partial charge in [0.05, 0.1) is 6.61 Å². The molecule has 0 bridgehead atoms. The topological polar surface area (TPSA) is 57.2 Å². The van der Waals surface area contributed by atoms with E-state index < -0.39 is 11.9 Å². The third-order valence-corrected chi connectivity index (χ3v) is 1.35. The number of esters is 1. The lowest BCUT2D eigenvalue weighted by molar-refractivity contribution is 0.0515. The smallest absolute Gasteiger partial charge is 0.356 e. The fourth-order valence-electron chi connectivity index (χ4n) is 0.795. The molecule has 0 fully saturated rings. The molecule has 0 saturated carbocycles. The first-order valence-corrected chi connectivity index (χ1v) is 3.46. The number of ether oxygens (including phenoxy) is 1. The highest BCUT2D eigenvalue weighted by molar-refractivity contribution is 5.87. The number of halogens is 1. The van der Waals surface area contributed by atoms with Crippen LogP contribution in [0.5, 0.6) is 0 Å². The SMILES string of the molecule is CCOC(=O)c1ccc(F)n1N. The van der Waals surface area contributed by atoms with Gasteiger partial charge in [0.25, 0.3) is 0 Å². The minimum atomic E-state index is -0.668. The highest BCUT2D eigenvalue weighted by Crippen LogP contribution is 2.04. The summed E-state index contributed by atoms with van der Waals surface area (Å²) in [4.78, 5) is 11.0. The molecule has 0 amide bonds. The maximum atomic E-state index is 12.6. The highest BCUT2D eigenvalue weighted by Gasteiger charge is 2.13. The molecule has 0 aliphatic carbocycles. The van der Waals surface area contributed by atoms with Gasteiger partial charge in [0, 0.05) is 0 Å². The second kappa shape index (κ2) is 3.25. The normalized spacial score (nSPS) is 9.83. The van der Waals surface area contributed by atoms with Crippen LogP contribution in [-0.4, -0.2) is 17.3 Å². The van der Waals surface area contributed by atoms with Crippen molar-refractivity contribution in [1.82, 2.24) is 4.68 Å². The molecule has 0 unspecified atom stereocenters. The van der Waals surface area contributed by atoms with Crippen molar-refractivity contribution in [3.05, 3.63) is 23.8 Å². The van der Waals surface area contributed by atoms with Gasteiger partial charge in [-0.05, 0) is 19.1 Å². The van der Waals surface area contributed by atoms with E-state index in [0.29, 0.717) is 4.68 Å². The van der Waals surface area contributed by atoms with E-state index in [1.54, 1.807) is 6.92 Å². The molecular formula is C7H9FN2O2. The molecule has 1 heterocycles. The summed E-state index contributed by atoms with van der Waals surface area (Å²) in [5.41, 5.74) is 0.00866. The van der Waals surface area contributed by atoms with Crippen molar-refractivity contribution in [2.45, 2.75) is 6.92 Å². The van der Waals surface area contributed by atoms with E-state index >= 15 is 0 Å². The molecule has 0 saturated heterocycles. The van der Waals surface area contributed by atoms with Crippen molar-refractivity contribution in [3.8, 4) is 0 Å². The summed E-state index contributed by atoms with van der Waals surface area (Å²) in [5.74, 6) is 3.88. The number of nitrogens with zero attached hydrogens (tertiary/aromatic N) is 1. The van der Waals surface area contributed by atoms with Crippen LogP contribution in [0.4, 0.5) is 4.39 Å². The second-order valence-electron chi connectivity index (χ2n) is 2.13. The zero-order valence-corrected chi connectivity index (χ0v) is 6.58. The predicted molar refractivity (Wildman–Crippen MR) is 40.5 cm³/mol. The van der Waals surface area contributed by atoms with Crippen LogP contribution in [0, 0.1) is 5.95 Å². The van der Waals surface area contributed by atoms with E-state index in [4.69, 9.17) is 5.84 Å². The third-order valence-electron chi connectivity index (χ3n) is 1.35. The van der Waals surface area contributed by atoms with Crippen molar-refractivity contribution in [2.75, 3.05) is 12.4 Å². The quantitative estimate of drug-likeness (QED) is 0.522. The summed E-state index contributed by atoms with van der Waals surface area (Å²) in [6.45, 7) is 1.91. The Kier molecular flexibility index (Phi) is 2.32. The summed E-state index contributed by atoms with van der Waals surface area (Å²) in [6, 6.07) is 2.37.